The number of anilines is 1. The third kappa shape index (κ3) is 4.28. The van der Waals surface area contributed by atoms with Crippen LogP contribution in [0.2, 0.25) is 0 Å². The average Bonchev–Trinajstić information content (AvgIpc) is 3.27. The van der Waals surface area contributed by atoms with Gasteiger partial charge in [-0.1, -0.05) is 85.0 Å². The van der Waals surface area contributed by atoms with Crippen LogP contribution in [-0.2, 0) is 19.9 Å². The predicted molar refractivity (Wildman–Crippen MR) is 144 cm³/mol. The van der Waals surface area contributed by atoms with Crippen molar-refractivity contribution in [2.24, 2.45) is 0 Å². The fourth-order valence-electron chi connectivity index (χ4n) is 5.07. The highest BCUT2D eigenvalue weighted by Gasteiger charge is 2.57. The molecule has 0 spiro atoms. The number of hydrogen-bond acceptors (Lipinski definition) is 5. The lowest BCUT2D eigenvalue weighted by Crippen LogP contribution is -2.56. The third-order valence-corrected chi connectivity index (χ3v) is 10.7. The van der Waals surface area contributed by atoms with Crippen molar-refractivity contribution in [3.63, 3.8) is 0 Å². The number of carbonyl (C=O) groups is 1. The number of rotatable bonds is 6. The number of urea groups is 1. The zero-order valence-corrected chi connectivity index (χ0v) is 21.8. The van der Waals surface area contributed by atoms with E-state index >= 15 is 0 Å². The van der Waals surface area contributed by atoms with Crippen LogP contribution in [0.25, 0.3) is 5.57 Å². The van der Waals surface area contributed by atoms with Crippen LogP contribution < -0.4 is 4.90 Å². The normalized spacial score (nSPS) is 22.2. The molecule has 2 atom stereocenters. The van der Waals surface area contributed by atoms with Gasteiger partial charge < -0.3 is 0 Å². The summed E-state index contributed by atoms with van der Waals surface area (Å²) in [5.41, 5.74) is 2.08. The summed E-state index contributed by atoms with van der Waals surface area (Å²) in [5, 5.41) is 0. The van der Waals surface area contributed by atoms with Crippen LogP contribution in [-0.4, -0.2) is 50.8 Å². The molecule has 7 nitrogen and oxygen atoms in total. The van der Waals surface area contributed by atoms with Crippen LogP contribution in [0.1, 0.15) is 12.0 Å². The minimum absolute atomic E-state index is 0.0329. The van der Waals surface area contributed by atoms with Gasteiger partial charge in [-0.25, -0.2) is 25.9 Å². The van der Waals surface area contributed by atoms with Gasteiger partial charge in [0.1, 0.15) is 4.75 Å². The maximum absolute atomic E-state index is 13.8. The summed E-state index contributed by atoms with van der Waals surface area (Å²) >= 11 is 0. The highest BCUT2D eigenvalue weighted by Crippen LogP contribution is 2.44. The maximum Gasteiger partial charge on any atom is 0.338 e. The number of sulfonamides is 1. The van der Waals surface area contributed by atoms with E-state index in [1.807, 2.05) is 36.4 Å². The van der Waals surface area contributed by atoms with Gasteiger partial charge in [-0.05, 0) is 41.8 Å². The van der Waals surface area contributed by atoms with Crippen molar-refractivity contribution in [2.45, 2.75) is 22.1 Å². The molecule has 2 amide bonds. The number of benzene rings is 3. The van der Waals surface area contributed by atoms with Crippen LogP contribution in [0, 0.1) is 0 Å². The lowest BCUT2D eigenvalue weighted by molar-refractivity contribution is 0.239. The second-order valence-corrected chi connectivity index (χ2v) is 13.3. The number of carbonyl (C=O) groups excluding carboxylic acids is 1. The standard InChI is InChI=1S/C28H26N2O5S2/c1-36(32,33)28(19-11-14-23(20-28)22-12-5-2-6-13-22)26-21-29(37(34,35)25-17-9-4-10-18-25)27(31)30(26)24-15-7-3-8-16-24/h2-19,26H,20-21H2,1H3. The summed E-state index contributed by atoms with van der Waals surface area (Å²) in [6, 6.07) is 23.9. The predicted octanol–water partition coefficient (Wildman–Crippen LogP) is 4.51. The molecule has 0 saturated carbocycles. The van der Waals surface area contributed by atoms with Crippen molar-refractivity contribution in [3.8, 4) is 0 Å². The summed E-state index contributed by atoms with van der Waals surface area (Å²) < 4.78 is 53.6. The van der Waals surface area contributed by atoms with Crippen LogP contribution >= 0.6 is 0 Å². The summed E-state index contributed by atoms with van der Waals surface area (Å²) in [5.74, 6) is 0. The van der Waals surface area contributed by atoms with E-state index < -0.39 is 36.7 Å². The van der Waals surface area contributed by atoms with Gasteiger partial charge in [0.2, 0.25) is 0 Å². The topological polar surface area (TPSA) is 91.8 Å². The molecule has 3 aromatic carbocycles. The van der Waals surface area contributed by atoms with Crippen molar-refractivity contribution in [1.82, 2.24) is 4.31 Å². The zero-order chi connectivity index (χ0) is 26.3. The lowest BCUT2D eigenvalue weighted by Gasteiger charge is -2.40. The molecule has 1 fully saturated rings. The van der Waals surface area contributed by atoms with Gasteiger partial charge in [0.05, 0.1) is 17.5 Å². The van der Waals surface area contributed by atoms with E-state index in [1.54, 1.807) is 60.7 Å². The first-order valence-corrected chi connectivity index (χ1v) is 15.1. The van der Waals surface area contributed by atoms with Crippen molar-refractivity contribution < 1.29 is 21.6 Å². The molecule has 1 aliphatic carbocycles. The number of hydrogen-bond donors (Lipinski definition) is 0. The number of nitrogens with zero attached hydrogens (tertiary/aromatic N) is 2. The Hall–Kier alpha value is -3.69. The first-order chi connectivity index (χ1) is 17.6. The molecule has 0 N–H and O–H groups in total. The van der Waals surface area contributed by atoms with Crippen LogP contribution in [0.15, 0.2) is 114 Å². The highest BCUT2D eigenvalue weighted by molar-refractivity contribution is 7.92. The molecule has 190 valence electrons. The number of sulfone groups is 1. The van der Waals surface area contributed by atoms with Crippen LogP contribution in [0.3, 0.4) is 0 Å². The van der Waals surface area contributed by atoms with E-state index in [9.17, 15) is 21.6 Å². The summed E-state index contributed by atoms with van der Waals surface area (Å²) in [4.78, 5) is 15.1. The summed E-state index contributed by atoms with van der Waals surface area (Å²) in [6.45, 7) is -0.315. The fraction of sp³-hybridized carbons (Fsp3) is 0.179. The molecule has 0 bridgehead atoms. The first kappa shape index (κ1) is 25.0. The van der Waals surface area contributed by atoms with Crippen molar-refractivity contribution in [3.05, 3.63) is 115 Å². The zero-order valence-electron chi connectivity index (χ0n) is 20.1. The van der Waals surface area contributed by atoms with Gasteiger partial charge in [-0.15, -0.1) is 0 Å². The minimum atomic E-state index is -4.23. The Labute approximate surface area is 217 Å². The first-order valence-electron chi connectivity index (χ1n) is 11.7. The maximum atomic E-state index is 13.8. The van der Waals surface area contributed by atoms with Crippen molar-refractivity contribution in [2.75, 3.05) is 17.7 Å². The van der Waals surface area contributed by atoms with Gasteiger partial charge in [-0.2, -0.15) is 0 Å². The summed E-state index contributed by atoms with van der Waals surface area (Å²) in [6.07, 6.45) is 6.39. The fourth-order valence-corrected chi connectivity index (χ4v) is 7.87. The van der Waals surface area contributed by atoms with Gasteiger partial charge in [0.25, 0.3) is 10.0 Å². The Kier molecular flexibility index (Phi) is 6.29. The molecular formula is C28H26N2O5S2. The molecule has 9 heteroatoms. The second kappa shape index (κ2) is 9.32. The molecule has 0 aromatic heterocycles. The van der Waals surface area contributed by atoms with E-state index in [0.717, 1.165) is 21.7 Å². The van der Waals surface area contributed by atoms with Crippen LogP contribution in [0.4, 0.5) is 10.5 Å². The number of amides is 2. The summed E-state index contributed by atoms with van der Waals surface area (Å²) in [7, 11) is -8.08. The molecule has 3 aromatic rings. The quantitative estimate of drug-likeness (QED) is 0.464. The Balaban J connectivity index is 1.66. The van der Waals surface area contributed by atoms with Gasteiger partial charge in [-0.3, -0.25) is 4.90 Å². The minimum Gasteiger partial charge on any atom is -0.287 e. The second-order valence-electron chi connectivity index (χ2n) is 9.17. The van der Waals surface area contributed by atoms with E-state index in [2.05, 4.69) is 0 Å². The smallest absolute Gasteiger partial charge is 0.287 e. The van der Waals surface area contributed by atoms with Crippen LogP contribution in [0.5, 0.6) is 0 Å². The number of para-hydroxylation sites is 1. The molecule has 0 radical (unpaired) electrons. The van der Waals surface area contributed by atoms with E-state index in [0.29, 0.717) is 5.69 Å². The molecule has 2 aliphatic rings. The monoisotopic (exact) mass is 534 g/mol. The lowest BCUT2D eigenvalue weighted by atomic mass is 9.84. The Morgan fingerprint density at radius 2 is 1.38 bits per heavy atom. The van der Waals surface area contributed by atoms with E-state index in [-0.39, 0.29) is 17.9 Å². The molecule has 1 saturated heterocycles. The van der Waals surface area contributed by atoms with E-state index in [1.165, 1.54) is 17.0 Å². The number of allylic oxidation sites excluding steroid dienone is 3. The molecule has 2 unspecified atom stereocenters. The largest absolute Gasteiger partial charge is 0.338 e. The highest BCUT2D eigenvalue weighted by atomic mass is 32.2. The third-order valence-electron chi connectivity index (χ3n) is 6.98. The SMILES string of the molecule is CS(=O)(=O)C1(C2CN(S(=O)(=O)c3ccccc3)C(=O)N2c2ccccc2)C=CC=C(c2ccccc2)C1. The van der Waals surface area contributed by atoms with Crippen molar-refractivity contribution >= 4 is 37.2 Å². The van der Waals surface area contributed by atoms with Gasteiger partial charge in [0.15, 0.2) is 9.84 Å². The van der Waals surface area contributed by atoms with Gasteiger partial charge >= 0.3 is 6.03 Å². The Morgan fingerprint density at radius 3 is 1.97 bits per heavy atom. The molecule has 1 aliphatic heterocycles. The molecule has 37 heavy (non-hydrogen) atoms. The van der Waals surface area contributed by atoms with Crippen molar-refractivity contribution in [1.29, 1.82) is 0 Å². The molecule has 1 heterocycles. The molecular weight excluding hydrogens is 508 g/mol. The Bertz CT molecular complexity index is 1590. The molecule has 5 rings (SSSR count). The van der Waals surface area contributed by atoms with Gasteiger partial charge in [0, 0.05) is 11.9 Å². The average molecular weight is 535 g/mol. The Morgan fingerprint density at radius 1 is 0.811 bits per heavy atom. The van der Waals surface area contributed by atoms with E-state index in [4.69, 9.17) is 0 Å².